The van der Waals surface area contributed by atoms with Crippen LogP contribution in [0.4, 0.5) is 0 Å². The van der Waals surface area contributed by atoms with Crippen LogP contribution in [0.5, 0.6) is 0 Å². The molecular formula is C16H17NO4. The fraction of sp³-hybridized carbons (Fsp3) is 0.250. The number of ether oxygens (including phenoxy) is 2. The van der Waals surface area contributed by atoms with E-state index in [0.29, 0.717) is 17.9 Å². The Bertz CT molecular complexity index is 616. The molecule has 0 fully saturated rings. The van der Waals surface area contributed by atoms with Gasteiger partial charge in [-0.1, -0.05) is 30.3 Å². The van der Waals surface area contributed by atoms with E-state index in [0.717, 1.165) is 5.56 Å². The fourth-order valence-corrected chi connectivity index (χ4v) is 2.07. The molecule has 0 unspecified atom stereocenters. The van der Waals surface area contributed by atoms with Gasteiger partial charge in [0.25, 0.3) is 5.91 Å². The number of benzene rings is 1. The van der Waals surface area contributed by atoms with Crippen molar-refractivity contribution in [3.63, 3.8) is 0 Å². The maximum atomic E-state index is 12.2. The van der Waals surface area contributed by atoms with Crippen LogP contribution in [-0.2, 0) is 25.7 Å². The summed E-state index contributed by atoms with van der Waals surface area (Å²) in [6, 6.07) is 9.57. The standard InChI is InChI=1S/C16H17NO4/c1-11-13(9-14(18)20-3)17(2)16(19)15(11)21-10-12-7-5-4-6-8-12/h4-9H,10H2,1-3H3/b13-9-. The quantitative estimate of drug-likeness (QED) is 0.628. The SMILES string of the molecule is COC(=O)/C=C1/C(C)=C(OCc2ccccc2)C(=O)N1C. The molecular weight excluding hydrogens is 270 g/mol. The molecule has 5 heteroatoms. The molecule has 0 bridgehead atoms. The van der Waals surface area contributed by atoms with Crippen molar-refractivity contribution in [2.24, 2.45) is 0 Å². The molecule has 0 atom stereocenters. The molecule has 0 aliphatic carbocycles. The van der Waals surface area contributed by atoms with Crippen LogP contribution in [0.25, 0.3) is 0 Å². The van der Waals surface area contributed by atoms with Gasteiger partial charge >= 0.3 is 5.97 Å². The first-order valence-electron chi connectivity index (χ1n) is 6.50. The molecule has 0 saturated carbocycles. The third-order valence-corrected chi connectivity index (χ3v) is 3.27. The second-order valence-corrected chi connectivity index (χ2v) is 4.65. The number of hydrogen-bond donors (Lipinski definition) is 0. The Hall–Kier alpha value is -2.56. The summed E-state index contributed by atoms with van der Waals surface area (Å²) in [7, 11) is 2.89. The van der Waals surface area contributed by atoms with Gasteiger partial charge in [-0.3, -0.25) is 4.79 Å². The molecule has 0 aromatic heterocycles. The van der Waals surface area contributed by atoms with Crippen molar-refractivity contribution in [2.45, 2.75) is 13.5 Å². The van der Waals surface area contributed by atoms with E-state index in [-0.39, 0.29) is 11.7 Å². The van der Waals surface area contributed by atoms with E-state index in [9.17, 15) is 9.59 Å². The van der Waals surface area contributed by atoms with E-state index in [2.05, 4.69) is 4.74 Å². The van der Waals surface area contributed by atoms with Crippen LogP contribution in [0.15, 0.2) is 53.4 Å². The number of carbonyl (C=O) groups is 2. The number of likely N-dealkylation sites (N-methyl/N-ethyl adjacent to an activating group) is 1. The summed E-state index contributed by atoms with van der Waals surface area (Å²) in [5.74, 6) is -0.511. The summed E-state index contributed by atoms with van der Waals surface area (Å²) in [5, 5.41) is 0. The number of nitrogens with zero attached hydrogens (tertiary/aromatic N) is 1. The minimum absolute atomic E-state index is 0.261. The first-order valence-corrected chi connectivity index (χ1v) is 6.50. The molecule has 0 N–H and O–H groups in total. The molecule has 0 spiro atoms. The summed E-state index contributed by atoms with van der Waals surface area (Å²) in [5.41, 5.74) is 2.09. The van der Waals surface area contributed by atoms with Crippen molar-refractivity contribution in [1.82, 2.24) is 4.90 Å². The van der Waals surface area contributed by atoms with Crippen molar-refractivity contribution in [1.29, 1.82) is 0 Å². The lowest BCUT2D eigenvalue weighted by Gasteiger charge is -2.11. The number of hydrogen-bond acceptors (Lipinski definition) is 4. The average Bonchev–Trinajstić information content (AvgIpc) is 2.70. The predicted octanol–water partition coefficient (Wildman–Crippen LogP) is 2.01. The number of rotatable bonds is 4. The van der Waals surface area contributed by atoms with Gasteiger partial charge < -0.3 is 14.4 Å². The van der Waals surface area contributed by atoms with Gasteiger partial charge in [0.15, 0.2) is 5.76 Å². The number of allylic oxidation sites excluding steroid dienone is 1. The van der Waals surface area contributed by atoms with Crippen molar-refractivity contribution in [3.8, 4) is 0 Å². The zero-order chi connectivity index (χ0) is 15.4. The van der Waals surface area contributed by atoms with Gasteiger partial charge in [-0.2, -0.15) is 0 Å². The van der Waals surface area contributed by atoms with Gasteiger partial charge in [-0.25, -0.2) is 4.79 Å². The number of amides is 1. The maximum Gasteiger partial charge on any atom is 0.332 e. The van der Waals surface area contributed by atoms with Crippen molar-refractivity contribution in [2.75, 3.05) is 14.2 Å². The Kier molecular flexibility index (Phi) is 4.42. The molecule has 0 saturated heterocycles. The summed E-state index contributed by atoms with van der Waals surface area (Å²) in [6.07, 6.45) is 1.28. The molecule has 1 heterocycles. The van der Waals surface area contributed by atoms with Crippen LogP contribution >= 0.6 is 0 Å². The van der Waals surface area contributed by atoms with Crippen LogP contribution in [0.3, 0.4) is 0 Å². The molecule has 1 aliphatic rings. The normalized spacial score (nSPS) is 16.6. The molecule has 110 valence electrons. The van der Waals surface area contributed by atoms with E-state index in [1.807, 2.05) is 30.3 Å². The number of methoxy groups -OCH3 is 1. The summed E-state index contributed by atoms with van der Waals surface area (Å²) >= 11 is 0. The zero-order valence-electron chi connectivity index (χ0n) is 12.3. The van der Waals surface area contributed by atoms with E-state index in [1.54, 1.807) is 14.0 Å². The maximum absolute atomic E-state index is 12.2. The Morgan fingerprint density at radius 1 is 1.29 bits per heavy atom. The predicted molar refractivity (Wildman–Crippen MR) is 76.8 cm³/mol. The average molecular weight is 287 g/mol. The minimum atomic E-state index is -0.506. The molecule has 2 rings (SSSR count). The van der Waals surface area contributed by atoms with Crippen LogP contribution < -0.4 is 0 Å². The van der Waals surface area contributed by atoms with Crippen molar-refractivity contribution in [3.05, 3.63) is 59.0 Å². The summed E-state index contributed by atoms with van der Waals surface area (Å²) < 4.78 is 10.2. The molecule has 1 aromatic rings. The third kappa shape index (κ3) is 3.13. The summed E-state index contributed by atoms with van der Waals surface area (Å²) in [6.45, 7) is 2.05. The highest BCUT2D eigenvalue weighted by molar-refractivity contribution is 5.99. The Morgan fingerprint density at radius 3 is 2.57 bits per heavy atom. The van der Waals surface area contributed by atoms with Crippen LogP contribution in [0.2, 0.25) is 0 Å². The highest BCUT2D eigenvalue weighted by atomic mass is 16.5. The molecule has 0 radical (unpaired) electrons. The third-order valence-electron chi connectivity index (χ3n) is 3.27. The van der Waals surface area contributed by atoms with Crippen molar-refractivity contribution >= 4 is 11.9 Å². The molecule has 5 nitrogen and oxygen atoms in total. The van der Waals surface area contributed by atoms with E-state index in [1.165, 1.54) is 18.1 Å². The van der Waals surface area contributed by atoms with Gasteiger partial charge in [0.05, 0.1) is 12.8 Å². The minimum Gasteiger partial charge on any atom is -0.483 e. The van der Waals surface area contributed by atoms with Gasteiger partial charge in [0.2, 0.25) is 0 Å². The van der Waals surface area contributed by atoms with Gasteiger partial charge in [-0.15, -0.1) is 0 Å². The summed E-state index contributed by atoms with van der Waals surface area (Å²) in [4.78, 5) is 24.9. The first-order chi connectivity index (χ1) is 10.0. The van der Waals surface area contributed by atoms with E-state index >= 15 is 0 Å². The van der Waals surface area contributed by atoms with E-state index in [4.69, 9.17) is 4.74 Å². The van der Waals surface area contributed by atoms with Gasteiger partial charge in [0, 0.05) is 18.7 Å². The lowest BCUT2D eigenvalue weighted by atomic mass is 10.2. The number of carbonyl (C=O) groups excluding carboxylic acids is 2. The van der Waals surface area contributed by atoms with Gasteiger partial charge in [-0.05, 0) is 12.5 Å². The van der Waals surface area contributed by atoms with Crippen LogP contribution in [0.1, 0.15) is 12.5 Å². The first kappa shape index (κ1) is 14.8. The highest BCUT2D eigenvalue weighted by Gasteiger charge is 2.32. The Morgan fingerprint density at radius 2 is 1.95 bits per heavy atom. The second-order valence-electron chi connectivity index (χ2n) is 4.65. The zero-order valence-corrected chi connectivity index (χ0v) is 12.3. The molecule has 21 heavy (non-hydrogen) atoms. The topological polar surface area (TPSA) is 55.8 Å². The monoisotopic (exact) mass is 287 g/mol. The van der Waals surface area contributed by atoms with Gasteiger partial charge in [0.1, 0.15) is 6.61 Å². The largest absolute Gasteiger partial charge is 0.483 e. The van der Waals surface area contributed by atoms with Crippen LogP contribution in [0, 0.1) is 0 Å². The second kappa shape index (κ2) is 6.26. The lowest BCUT2D eigenvalue weighted by molar-refractivity contribution is -0.134. The highest BCUT2D eigenvalue weighted by Crippen LogP contribution is 2.29. The van der Waals surface area contributed by atoms with E-state index < -0.39 is 5.97 Å². The smallest absolute Gasteiger partial charge is 0.332 e. The molecule has 1 aliphatic heterocycles. The Labute approximate surface area is 123 Å². The lowest BCUT2D eigenvalue weighted by Crippen LogP contribution is -2.22. The van der Waals surface area contributed by atoms with Crippen molar-refractivity contribution < 1.29 is 19.1 Å². The van der Waals surface area contributed by atoms with Crippen LogP contribution in [-0.4, -0.2) is 30.9 Å². The fourth-order valence-electron chi connectivity index (χ4n) is 2.07. The number of esters is 1. The Balaban J connectivity index is 2.19. The molecule has 1 amide bonds. The molecule has 1 aromatic carbocycles.